The smallest absolute Gasteiger partial charge is 0.155 e. The number of H-pyrrole nitrogens is 1. The summed E-state index contributed by atoms with van der Waals surface area (Å²) in [5.41, 5.74) is 2.34. The van der Waals surface area contributed by atoms with E-state index in [1.165, 1.54) is 18.0 Å². The Labute approximate surface area is 167 Å². The molecule has 0 unspecified atom stereocenters. The molecular formula is C20H31N7O. The monoisotopic (exact) mass is 385 g/mol. The summed E-state index contributed by atoms with van der Waals surface area (Å²) in [5.74, 6) is 0.783. The predicted molar refractivity (Wildman–Crippen MR) is 115 cm³/mol. The van der Waals surface area contributed by atoms with Gasteiger partial charge in [0.25, 0.3) is 0 Å². The van der Waals surface area contributed by atoms with E-state index in [2.05, 4.69) is 37.5 Å². The summed E-state index contributed by atoms with van der Waals surface area (Å²) in [4.78, 5) is 14.8. The number of nitrogens with one attached hydrogen (secondary N) is 1. The van der Waals surface area contributed by atoms with Gasteiger partial charge < -0.3 is 5.01 Å². The maximum atomic E-state index is 10.6. The van der Waals surface area contributed by atoms with E-state index in [-0.39, 0.29) is 0 Å². The lowest BCUT2D eigenvalue weighted by Gasteiger charge is -2.14. The second kappa shape index (κ2) is 14.1. The largest absolute Gasteiger partial charge is 0.301 e. The first-order valence-electron chi connectivity index (χ1n) is 9.63. The number of carbonyl (C=O) groups is 1. The third-order valence-corrected chi connectivity index (χ3v) is 3.80. The average Bonchev–Trinajstić information content (AvgIpc) is 3.28. The number of aldehydes is 1. The van der Waals surface area contributed by atoms with Crippen molar-refractivity contribution in [3.63, 3.8) is 0 Å². The third-order valence-electron chi connectivity index (χ3n) is 3.80. The molecule has 1 heterocycles. The van der Waals surface area contributed by atoms with Crippen LogP contribution in [0.1, 0.15) is 45.9 Å². The van der Waals surface area contributed by atoms with Crippen molar-refractivity contribution in [1.82, 2.24) is 25.2 Å². The minimum absolute atomic E-state index is 0.493. The zero-order valence-electron chi connectivity index (χ0n) is 17.2. The topological polar surface area (TPSA) is 89.8 Å². The lowest BCUT2D eigenvalue weighted by molar-refractivity contribution is -0.104. The zero-order chi connectivity index (χ0) is 20.6. The van der Waals surface area contributed by atoms with Crippen LogP contribution in [0.2, 0.25) is 0 Å². The summed E-state index contributed by atoms with van der Waals surface area (Å²) >= 11 is 0. The van der Waals surface area contributed by atoms with Crippen LogP contribution in [-0.4, -0.2) is 64.1 Å². The Balaban J connectivity index is 0.00000190. The van der Waals surface area contributed by atoms with E-state index >= 15 is 0 Å². The SMILES string of the molecule is CC.CCN(C)/N=C\CN(/C=C\C=O)/N=C/CC1=CC(c2ncn[nH]2)=CCC1. The maximum absolute atomic E-state index is 10.6. The molecule has 2 rings (SSSR count). The fraction of sp³-hybridized carbons (Fsp3) is 0.450. The molecule has 1 aliphatic rings. The molecule has 28 heavy (non-hydrogen) atoms. The van der Waals surface area contributed by atoms with Gasteiger partial charge in [0.2, 0.25) is 0 Å². The first-order chi connectivity index (χ1) is 13.7. The maximum Gasteiger partial charge on any atom is 0.155 e. The fourth-order valence-electron chi connectivity index (χ4n) is 2.32. The van der Waals surface area contributed by atoms with Crippen LogP contribution in [0.4, 0.5) is 0 Å². The molecule has 0 amide bonds. The number of hydrogen-bond acceptors (Lipinski definition) is 7. The molecule has 0 aliphatic heterocycles. The number of nitrogens with zero attached hydrogens (tertiary/aromatic N) is 6. The van der Waals surface area contributed by atoms with Crippen LogP contribution in [0.25, 0.3) is 5.57 Å². The van der Waals surface area contributed by atoms with Gasteiger partial charge in [-0.2, -0.15) is 15.3 Å². The van der Waals surface area contributed by atoms with Crippen molar-refractivity contribution in [2.45, 2.75) is 40.0 Å². The van der Waals surface area contributed by atoms with E-state index < -0.39 is 0 Å². The van der Waals surface area contributed by atoms with E-state index in [1.54, 1.807) is 17.4 Å². The summed E-state index contributed by atoms with van der Waals surface area (Å²) in [5, 5.41) is 19.0. The molecule has 1 aromatic rings. The summed E-state index contributed by atoms with van der Waals surface area (Å²) in [7, 11) is 1.90. The first kappa shape index (κ1) is 23.0. The van der Waals surface area contributed by atoms with E-state index in [1.807, 2.05) is 39.0 Å². The quantitative estimate of drug-likeness (QED) is 0.289. The molecule has 1 N–H and O–H groups in total. The van der Waals surface area contributed by atoms with Crippen LogP contribution in [0.15, 0.2) is 46.5 Å². The molecule has 0 saturated heterocycles. The number of carbonyl (C=O) groups excluding carboxylic acids is 1. The Morgan fingerprint density at radius 1 is 1.29 bits per heavy atom. The summed E-state index contributed by atoms with van der Waals surface area (Å²) in [6.45, 7) is 7.35. The molecule has 0 aromatic carbocycles. The molecule has 1 aromatic heterocycles. The van der Waals surface area contributed by atoms with Gasteiger partial charge in [-0.3, -0.25) is 14.9 Å². The van der Waals surface area contributed by atoms with Gasteiger partial charge in [0, 0.05) is 44.2 Å². The van der Waals surface area contributed by atoms with Crippen molar-refractivity contribution in [2.24, 2.45) is 10.2 Å². The van der Waals surface area contributed by atoms with Crippen LogP contribution in [0.5, 0.6) is 0 Å². The summed E-state index contributed by atoms with van der Waals surface area (Å²) in [6.07, 6.45) is 15.9. The number of rotatable bonds is 10. The van der Waals surface area contributed by atoms with E-state index in [0.29, 0.717) is 6.54 Å². The predicted octanol–water partition coefficient (Wildman–Crippen LogP) is 3.26. The number of aromatic amines is 1. The molecule has 1 aliphatic carbocycles. The number of hydrogen-bond donors (Lipinski definition) is 1. The average molecular weight is 386 g/mol. The normalized spacial score (nSPS) is 14.0. The Kier molecular flexibility index (Phi) is 11.6. The van der Waals surface area contributed by atoms with Crippen molar-refractivity contribution in [1.29, 1.82) is 0 Å². The van der Waals surface area contributed by atoms with Crippen molar-refractivity contribution < 1.29 is 4.79 Å². The third kappa shape index (κ3) is 8.57. The van der Waals surface area contributed by atoms with Crippen molar-refractivity contribution in [2.75, 3.05) is 20.1 Å². The Hall–Kier alpha value is -3.03. The van der Waals surface area contributed by atoms with Crippen LogP contribution in [-0.2, 0) is 4.79 Å². The Bertz CT molecular complexity index is 702. The van der Waals surface area contributed by atoms with Gasteiger partial charge in [0.1, 0.15) is 12.6 Å². The van der Waals surface area contributed by atoms with Gasteiger partial charge in [0.05, 0.1) is 6.54 Å². The van der Waals surface area contributed by atoms with E-state index in [9.17, 15) is 4.79 Å². The minimum atomic E-state index is 0.493. The molecule has 0 bridgehead atoms. The number of aromatic nitrogens is 3. The Morgan fingerprint density at radius 3 is 2.79 bits per heavy atom. The van der Waals surface area contributed by atoms with Gasteiger partial charge in [-0.05, 0) is 25.8 Å². The second-order valence-electron chi connectivity index (χ2n) is 5.71. The van der Waals surface area contributed by atoms with Crippen LogP contribution >= 0.6 is 0 Å². The molecule has 0 radical (unpaired) electrons. The first-order valence-corrected chi connectivity index (χ1v) is 9.63. The highest BCUT2D eigenvalue weighted by Crippen LogP contribution is 2.24. The molecule has 152 valence electrons. The minimum Gasteiger partial charge on any atom is -0.301 e. The second-order valence-corrected chi connectivity index (χ2v) is 5.71. The lowest BCUT2D eigenvalue weighted by Crippen LogP contribution is -2.16. The molecule has 0 spiro atoms. The highest BCUT2D eigenvalue weighted by atomic mass is 16.1. The van der Waals surface area contributed by atoms with Crippen molar-refractivity contribution >= 4 is 24.3 Å². The van der Waals surface area contributed by atoms with Crippen molar-refractivity contribution in [3.05, 3.63) is 42.2 Å². The van der Waals surface area contributed by atoms with Crippen LogP contribution < -0.4 is 0 Å². The summed E-state index contributed by atoms with van der Waals surface area (Å²) in [6, 6.07) is 0. The van der Waals surface area contributed by atoms with Gasteiger partial charge in [0.15, 0.2) is 5.82 Å². The van der Waals surface area contributed by atoms with Gasteiger partial charge in [-0.25, -0.2) is 4.98 Å². The van der Waals surface area contributed by atoms with Crippen LogP contribution in [0, 0.1) is 0 Å². The van der Waals surface area contributed by atoms with E-state index in [0.717, 1.165) is 43.5 Å². The molecule has 0 fully saturated rings. The number of allylic oxidation sites excluding steroid dienone is 5. The Morgan fingerprint density at radius 2 is 2.11 bits per heavy atom. The van der Waals surface area contributed by atoms with Gasteiger partial charge in [-0.15, -0.1) is 0 Å². The standard InChI is InChI=1S/C18H25N7O.C2H6/c1-3-24(2)21-10-12-25(11-5-13-26)22-9-8-16-6-4-7-17(14-16)18-19-15-20-23-18;1-2/h5,7,9-11,13-15H,3-4,6,8,12H2,1-2H3,(H,19,20,23);1-2H3/b11-5-,21-10-,22-9+;. The molecular weight excluding hydrogens is 354 g/mol. The van der Waals surface area contributed by atoms with Gasteiger partial charge in [-0.1, -0.05) is 31.6 Å². The fourth-order valence-corrected chi connectivity index (χ4v) is 2.32. The van der Waals surface area contributed by atoms with Gasteiger partial charge >= 0.3 is 0 Å². The molecule has 0 atom stereocenters. The van der Waals surface area contributed by atoms with Crippen molar-refractivity contribution in [3.8, 4) is 0 Å². The molecule has 0 saturated carbocycles. The highest BCUT2D eigenvalue weighted by molar-refractivity contribution is 5.73. The molecule has 8 nitrogen and oxygen atoms in total. The van der Waals surface area contributed by atoms with Crippen LogP contribution in [0.3, 0.4) is 0 Å². The summed E-state index contributed by atoms with van der Waals surface area (Å²) < 4.78 is 0. The van der Waals surface area contributed by atoms with E-state index in [4.69, 9.17) is 0 Å². The zero-order valence-corrected chi connectivity index (χ0v) is 17.2. The lowest BCUT2D eigenvalue weighted by atomic mass is 9.97. The highest BCUT2D eigenvalue weighted by Gasteiger charge is 2.08. The number of hydrazone groups is 2. The molecule has 8 heteroatoms.